The molecule has 1 aromatic heterocycles. The highest BCUT2D eigenvalue weighted by Crippen LogP contribution is 2.33. The van der Waals surface area contributed by atoms with Gasteiger partial charge in [-0.1, -0.05) is 62.4 Å². The Balaban J connectivity index is 0.000000195. The number of aliphatic hydroxyl groups excluding tert-OH is 1. The number of H-pyrrole nitrogens is 1. The number of aromatic amines is 1. The fraction of sp³-hybridized carbons (Fsp3) is 0.394. The van der Waals surface area contributed by atoms with E-state index in [0.29, 0.717) is 32.4 Å². The molecule has 0 saturated carbocycles. The summed E-state index contributed by atoms with van der Waals surface area (Å²) in [5, 5.41) is 17.4. The Kier molecular flexibility index (Phi) is 11.9. The number of aliphatic hydroxyl groups is 1. The third-order valence-electron chi connectivity index (χ3n) is 6.57. The van der Waals surface area contributed by atoms with Gasteiger partial charge in [0.25, 0.3) is 0 Å². The highest BCUT2D eigenvalue weighted by Gasteiger charge is 2.28. The topological polar surface area (TPSA) is 97.0 Å². The van der Waals surface area contributed by atoms with Gasteiger partial charge in [0.1, 0.15) is 24.6 Å². The molecule has 0 amide bonds. The maximum Gasteiger partial charge on any atom is 0.162 e. The molecule has 0 aliphatic carbocycles. The molecule has 1 saturated heterocycles. The lowest BCUT2D eigenvalue weighted by atomic mass is 10.0. The second-order valence-corrected chi connectivity index (χ2v) is 10.2. The number of ether oxygens (including phenoxy) is 4. The Morgan fingerprint density at radius 1 is 0.927 bits per heavy atom. The van der Waals surface area contributed by atoms with Crippen LogP contribution in [-0.4, -0.2) is 67.8 Å². The first-order chi connectivity index (χ1) is 20.0. The van der Waals surface area contributed by atoms with Gasteiger partial charge in [0.15, 0.2) is 17.6 Å². The standard InChI is InChI=1S/C19H23NO3.C14H20N2O2/c1-2-21-16-10-6-7-11-17(16)23-19(15-8-4-3-5-9-15)18-14-20-12-13-22-18;1-10(2)16-8-11(17)9-18-14-5-3-4-13-12(14)6-7-15-13/h3-11,18-20H,2,12-14H2,1H3;3-7,10-11,15-17H,8-9H2,1-2H3/t18-,19-;/m0./s1. The summed E-state index contributed by atoms with van der Waals surface area (Å²) in [7, 11) is 0. The molecule has 8 nitrogen and oxygen atoms in total. The molecular formula is C33H43N3O5. The average molecular weight is 562 g/mol. The van der Waals surface area contributed by atoms with Crippen LogP contribution in [0.1, 0.15) is 32.4 Å². The first kappa shape index (κ1) is 30.4. The summed E-state index contributed by atoms with van der Waals surface area (Å²) in [5.41, 5.74) is 2.15. The largest absolute Gasteiger partial charge is 0.490 e. The van der Waals surface area contributed by atoms with Crippen LogP contribution >= 0.6 is 0 Å². The Hall–Kier alpha value is -3.56. The fourth-order valence-electron chi connectivity index (χ4n) is 4.54. The first-order valence-electron chi connectivity index (χ1n) is 14.4. The lowest BCUT2D eigenvalue weighted by Gasteiger charge is -2.32. The number of para-hydroxylation sites is 2. The van der Waals surface area contributed by atoms with Gasteiger partial charge in [-0.2, -0.15) is 0 Å². The molecule has 1 unspecified atom stereocenters. The SMILES string of the molecule is CC(C)NCC(O)COc1cccc2[nH]ccc12.CCOc1ccccc1O[C@@H](c1ccccc1)[C@@H]1CNCCO1. The molecule has 5 rings (SSSR count). The zero-order valence-electron chi connectivity index (χ0n) is 24.2. The van der Waals surface area contributed by atoms with Crippen molar-refractivity contribution in [2.45, 2.75) is 45.1 Å². The van der Waals surface area contributed by atoms with Crippen LogP contribution in [0.3, 0.4) is 0 Å². The van der Waals surface area contributed by atoms with E-state index in [0.717, 1.165) is 46.8 Å². The van der Waals surface area contributed by atoms with Crippen LogP contribution < -0.4 is 24.8 Å². The van der Waals surface area contributed by atoms with E-state index in [2.05, 4.69) is 27.8 Å². The number of aromatic nitrogens is 1. The number of rotatable bonds is 12. The van der Waals surface area contributed by atoms with E-state index < -0.39 is 6.10 Å². The lowest BCUT2D eigenvalue weighted by molar-refractivity contribution is -0.0439. The van der Waals surface area contributed by atoms with Crippen molar-refractivity contribution in [1.29, 1.82) is 0 Å². The second-order valence-electron chi connectivity index (χ2n) is 10.2. The molecule has 1 aliphatic heterocycles. The van der Waals surface area contributed by atoms with Gasteiger partial charge in [0.05, 0.1) is 13.2 Å². The molecule has 2 heterocycles. The lowest BCUT2D eigenvalue weighted by Crippen LogP contribution is -2.43. The van der Waals surface area contributed by atoms with Crippen molar-refractivity contribution in [2.24, 2.45) is 0 Å². The van der Waals surface area contributed by atoms with Crippen LogP contribution in [0.5, 0.6) is 17.2 Å². The predicted octanol–water partition coefficient (Wildman–Crippen LogP) is 5.10. The summed E-state index contributed by atoms with van der Waals surface area (Å²) in [5.74, 6) is 2.31. The zero-order valence-corrected chi connectivity index (χ0v) is 24.2. The maximum atomic E-state index is 9.79. The predicted molar refractivity (Wildman–Crippen MR) is 163 cm³/mol. The summed E-state index contributed by atoms with van der Waals surface area (Å²) in [6, 6.07) is 26.2. The van der Waals surface area contributed by atoms with Crippen LogP contribution in [0.4, 0.5) is 0 Å². The van der Waals surface area contributed by atoms with E-state index in [1.807, 2.05) is 93.7 Å². The van der Waals surface area contributed by atoms with Gasteiger partial charge in [-0.15, -0.1) is 0 Å². The van der Waals surface area contributed by atoms with Crippen molar-refractivity contribution in [3.05, 3.63) is 90.6 Å². The molecule has 41 heavy (non-hydrogen) atoms. The van der Waals surface area contributed by atoms with Crippen molar-refractivity contribution < 1.29 is 24.1 Å². The minimum absolute atomic E-state index is 0.0270. The number of fused-ring (bicyclic) bond motifs is 1. The summed E-state index contributed by atoms with van der Waals surface area (Å²) in [6.07, 6.45) is 1.18. The highest BCUT2D eigenvalue weighted by atomic mass is 16.6. The van der Waals surface area contributed by atoms with Crippen LogP contribution in [0.15, 0.2) is 85.1 Å². The molecule has 3 atom stereocenters. The molecule has 1 fully saturated rings. The van der Waals surface area contributed by atoms with Crippen molar-refractivity contribution in [2.75, 3.05) is 39.5 Å². The minimum Gasteiger partial charge on any atom is -0.490 e. The highest BCUT2D eigenvalue weighted by molar-refractivity contribution is 5.85. The van der Waals surface area contributed by atoms with Gasteiger partial charge in [0.2, 0.25) is 0 Å². The number of benzene rings is 3. The quantitative estimate of drug-likeness (QED) is 0.191. The molecule has 8 heteroatoms. The average Bonchev–Trinajstić information content (AvgIpc) is 3.50. The van der Waals surface area contributed by atoms with Gasteiger partial charge in [-0.05, 0) is 42.8 Å². The van der Waals surface area contributed by atoms with Gasteiger partial charge < -0.3 is 39.7 Å². The van der Waals surface area contributed by atoms with Crippen LogP contribution in [0.25, 0.3) is 10.9 Å². The molecule has 4 N–H and O–H groups in total. The fourth-order valence-corrected chi connectivity index (χ4v) is 4.54. The minimum atomic E-state index is -0.499. The van der Waals surface area contributed by atoms with E-state index in [4.69, 9.17) is 18.9 Å². The van der Waals surface area contributed by atoms with Crippen molar-refractivity contribution in [3.8, 4) is 17.2 Å². The van der Waals surface area contributed by atoms with Crippen molar-refractivity contribution in [1.82, 2.24) is 15.6 Å². The van der Waals surface area contributed by atoms with Crippen molar-refractivity contribution in [3.63, 3.8) is 0 Å². The molecule has 3 aromatic carbocycles. The second kappa shape index (κ2) is 16.0. The Bertz CT molecular complexity index is 1290. The number of hydrogen-bond acceptors (Lipinski definition) is 7. The molecule has 0 radical (unpaired) electrons. The van der Waals surface area contributed by atoms with Gasteiger partial charge in [-0.25, -0.2) is 0 Å². The monoisotopic (exact) mass is 561 g/mol. The van der Waals surface area contributed by atoms with Crippen LogP contribution in [0, 0.1) is 0 Å². The molecule has 0 spiro atoms. The smallest absolute Gasteiger partial charge is 0.162 e. The molecular weight excluding hydrogens is 518 g/mol. The first-order valence-corrected chi connectivity index (χ1v) is 14.4. The molecule has 0 bridgehead atoms. The summed E-state index contributed by atoms with van der Waals surface area (Å²) in [6.45, 7) is 9.87. The Morgan fingerprint density at radius 2 is 1.68 bits per heavy atom. The van der Waals surface area contributed by atoms with Gasteiger partial charge in [0, 0.05) is 42.8 Å². The molecule has 4 aromatic rings. The number of morpholine rings is 1. The van der Waals surface area contributed by atoms with Gasteiger partial charge in [-0.3, -0.25) is 0 Å². The van der Waals surface area contributed by atoms with E-state index >= 15 is 0 Å². The summed E-state index contributed by atoms with van der Waals surface area (Å²) in [4.78, 5) is 3.13. The maximum absolute atomic E-state index is 9.79. The van der Waals surface area contributed by atoms with E-state index in [1.165, 1.54) is 0 Å². The van der Waals surface area contributed by atoms with E-state index in [-0.39, 0.29) is 12.2 Å². The zero-order chi connectivity index (χ0) is 28.9. The summed E-state index contributed by atoms with van der Waals surface area (Å²) < 4.78 is 23.6. The normalized spacial score (nSPS) is 16.5. The Morgan fingerprint density at radius 3 is 2.41 bits per heavy atom. The number of hydrogen-bond donors (Lipinski definition) is 4. The molecule has 220 valence electrons. The molecule has 1 aliphatic rings. The van der Waals surface area contributed by atoms with Crippen molar-refractivity contribution >= 4 is 10.9 Å². The van der Waals surface area contributed by atoms with E-state index in [1.54, 1.807) is 0 Å². The number of nitrogens with one attached hydrogen (secondary N) is 3. The van der Waals surface area contributed by atoms with Crippen LogP contribution in [0.2, 0.25) is 0 Å². The Labute approximate surface area is 243 Å². The summed E-state index contributed by atoms with van der Waals surface area (Å²) >= 11 is 0. The van der Waals surface area contributed by atoms with Gasteiger partial charge >= 0.3 is 0 Å². The van der Waals surface area contributed by atoms with Crippen LogP contribution in [-0.2, 0) is 4.74 Å². The third kappa shape index (κ3) is 9.23. The third-order valence-corrected chi connectivity index (χ3v) is 6.57. The van der Waals surface area contributed by atoms with E-state index in [9.17, 15) is 5.11 Å².